The second-order valence-electron chi connectivity index (χ2n) is 4.50. The Balaban J connectivity index is 2.37. The lowest BCUT2D eigenvalue weighted by molar-refractivity contribution is 0.0535. The monoisotopic (exact) mass is 216 g/mol. The van der Waals surface area contributed by atoms with E-state index < -0.39 is 0 Å². The zero-order valence-corrected chi connectivity index (χ0v) is 9.96. The van der Waals surface area contributed by atoms with Crippen molar-refractivity contribution >= 4 is 5.97 Å². The quantitative estimate of drug-likeness (QED) is 0.560. The van der Waals surface area contributed by atoms with Crippen LogP contribution >= 0.6 is 0 Å². The maximum absolute atomic E-state index is 11.4. The molecule has 2 heteroatoms. The summed E-state index contributed by atoms with van der Waals surface area (Å²) in [6.07, 6.45) is 3.06. The van der Waals surface area contributed by atoms with E-state index in [1.165, 1.54) is 16.7 Å². The van der Waals surface area contributed by atoms with Gasteiger partial charge in [0.25, 0.3) is 0 Å². The summed E-state index contributed by atoms with van der Waals surface area (Å²) in [5, 5.41) is 0. The molecular formula is C14H16O2. The Morgan fingerprint density at radius 3 is 2.88 bits per heavy atom. The van der Waals surface area contributed by atoms with Crippen molar-refractivity contribution in [1.82, 2.24) is 0 Å². The van der Waals surface area contributed by atoms with Crippen molar-refractivity contribution in [3.05, 3.63) is 46.0 Å². The van der Waals surface area contributed by atoms with Crippen LogP contribution in [0.2, 0.25) is 0 Å². The van der Waals surface area contributed by atoms with Gasteiger partial charge in [0.05, 0.1) is 5.56 Å². The van der Waals surface area contributed by atoms with Crippen LogP contribution in [0, 0.1) is 6.92 Å². The first-order valence-corrected chi connectivity index (χ1v) is 5.51. The molecular weight excluding hydrogens is 200 g/mol. The number of hydrogen-bond donors (Lipinski definition) is 0. The van der Waals surface area contributed by atoms with Gasteiger partial charge >= 0.3 is 5.97 Å². The van der Waals surface area contributed by atoms with Crippen molar-refractivity contribution < 1.29 is 9.53 Å². The second-order valence-corrected chi connectivity index (χ2v) is 4.50. The Morgan fingerprint density at radius 1 is 1.44 bits per heavy atom. The summed E-state index contributed by atoms with van der Waals surface area (Å²) in [4.78, 5) is 11.4. The van der Waals surface area contributed by atoms with Gasteiger partial charge in [-0.25, -0.2) is 4.79 Å². The molecule has 0 atom stereocenters. The molecule has 0 saturated carbocycles. The fourth-order valence-corrected chi connectivity index (χ4v) is 1.88. The van der Waals surface area contributed by atoms with Crippen molar-refractivity contribution in [2.75, 3.05) is 0 Å². The number of esters is 1. The summed E-state index contributed by atoms with van der Waals surface area (Å²) in [6.45, 7) is 6.67. The number of carbonyl (C=O) groups excluding carboxylic acids is 1. The predicted octanol–water partition coefficient (Wildman–Crippen LogP) is 3.17. The number of carbonyl (C=O) groups is 1. The minimum absolute atomic E-state index is 0.187. The summed E-state index contributed by atoms with van der Waals surface area (Å²) in [7, 11) is 0. The van der Waals surface area contributed by atoms with E-state index in [0.29, 0.717) is 6.61 Å². The van der Waals surface area contributed by atoms with Crippen LogP contribution in [0.5, 0.6) is 0 Å². The minimum Gasteiger partial charge on any atom is -0.457 e. The van der Waals surface area contributed by atoms with E-state index in [2.05, 4.69) is 32.9 Å². The van der Waals surface area contributed by atoms with Gasteiger partial charge in [0.1, 0.15) is 6.61 Å². The molecule has 16 heavy (non-hydrogen) atoms. The SMILES string of the molecule is CC(C)=CCc1cc2c(cc1C)COC2=O. The van der Waals surface area contributed by atoms with Gasteiger partial charge < -0.3 is 4.74 Å². The highest BCUT2D eigenvalue weighted by molar-refractivity contribution is 5.93. The van der Waals surface area contributed by atoms with Crippen LogP contribution in [-0.4, -0.2) is 5.97 Å². The summed E-state index contributed by atoms with van der Waals surface area (Å²) >= 11 is 0. The molecule has 84 valence electrons. The number of rotatable bonds is 2. The molecule has 0 aliphatic carbocycles. The highest BCUT2D eigenvalue weighted by atomic mass is 16.5. The molecule has 0 amide bonds. The number of benzene rings is 1. The van der Waals surface area contributed by atoms with Gasteiger partial charge in [-0.15, -0.1) is 0 Å². The Bertz CT molecular complexity index is 466. The van der Waals surface area contributed by atoms with Gasteiger partial charge in [-0.3, -0.25) is 0 Å². The highest BCUT2D eigenvalue weighted by Crippen LogP contribution is 2.24. The largest absolute Gasteiger partial charge is 0.457 e. The minimum atomic E-state index is -0.187. The van der Waals surface area contributed by atoms with Crippen molar-refractivity contribution in [3.63, 3.8) is 0 Å². The van der Waals surface area contributed by atoms with E-state index in [1.807, 2.05) is 6.07 Å². The predicted molar refractivity (Wildman–Crippen MR) is 63.4 cm³/mol. The van der Waals surface area contributed by atoms with Gasteiger partial charge in [0.2, 0.25) is 0 Å². The second kappa shape index (κ2) is 4.12. The fraction of sp³-hybridized carbons (Fsp3) is 0.357. The number of hydrogen-bond acceptors (Lipinski definition) is 2. The van der Waals surface area contributed by atoms with Crippen LogP contribution in [-0.2, 0) is 17.8 Å². The lowest BCUT2D eigenvalue weighted by Gasteiger charge is -2.05. The smallest absolute Gasteiger partial charge is 0.338 e. The molecule has 1 aromatic carbocycles. The highest BCUT2D eigenvalue weighted by Gasteiger charge is 2.21. The van der Waals surface area contributed by atoms with Crippen LogP contribution in [0.15, 0.2) is 23.8 Å². The molecule has 0 bridgehead atoms. The Hall–Kier alpha value is -1.57. The van der Waals surface area contributed by atoms with Crippen molar-refractivity contribution in [2.24, 2.45) is 0 Å². The van der Waals surface area contributed by atoms with Crippen LogP contribution in [0.3, 0.4) is 0 Å². The topological polar surface area (TPSA) is 26.3 Å². The van der Waals surface area contributed by atoms with E-state index in [9.17, 15) is 4.79 Å². The van der Waals surface area contributed by atoms with Gasteiger partial charge in [0, 0.05) is 5.56 Å². The maximum Gasteiger partial charge on any atom is 0.338 e. The van der Waals surface area contributed by atoms with Gasteiger partial charge in [-0.05, 0) is 44.4 Å². The van der Waals surface area contributed by atoms with E-state index in [4.69, 9.17) is 4.74 Å². The number of fused-ring (bicyclic) bond motifs is 1. The Kier molecular flexibility index (Phi) is 2.82. The van der Waals surface area contributed by atoms with Crippen molar-refractivity contribution in [2.45, 2.75) is 33.8 Å². The Labute approximate surface area is 95.9 Å². The van der Waals surface area contributed by atoms with E-state index in [1.54, 1.807) is 0 Å². The molecule has 0 unspecified atom stereocenters. The van der Waals surface area contributed by atoms with Crippen LogP contribution < -0.4 is 0 Å². The van der Waals surface area contributed by atoms with Gasteiger partial charge in [-0.2, -0.15) is 0 Å². The number of allylic oxidation sites excluding steroid dienone is 2. The van der Waals surface area contributed by atoms with E-state index in [0.717, 1.165) is 17.5 Å². The molecule has 1 aliphatic heterocycles. The van der Waals surface area contributed by atoms with Gasteiger partial charge in [0.15, 0.2) is 0 Å². The summed E-state index contributed by atoms with van der Waals surface area (Å²) in [5.74, 6) is -0.187. The normalized spacial score (nSPS) is 13.3. The summed E-state index contributed by atoms with van der Waals surface area (Å²) in [5.41, 5.74) is 5.49. The summed E-state index contributed by atoms with van der Waals surface area (Å²) < 4.78 is 5.00. The molecule has 0 radical (unpaired) electrons. The zero-order chi connectivity index (χ0) is 11.7. The van der Waals surface area contributed by atoms with Crippen LogP contribution in [0.4, 0.5) is 0 Å². The van der Waals surface area contributed by atoms with E-state index >= 15 is 0 Å². The van der Waals surface area contributed by atoms with Crippen molar-refractivity contribution in [3.8, 4) is 0 Å². The molecule has 0 saturated heterocycles. The molecule has 1 heterocycles. The molecule has 2 nitrogen and oxygen atoms in total. The third-order valence-corrected chi connectivity index (χ3v) is 2.87. The van der Waals surface area contributed by atoms with E-state index in [-0.39, 0.29) is 5.97 Å². The molecule has 0 aromatic heterocycles. The number of cyclic esters (lactones) is 1. The van der Waals surface area contributed by atoms with Gasteiger partial charge in [-0.1, -0.05) is 17.7 Å². The maximum atomic E-state index is 11.4. The molecule has 0 spiro atoms. The molecule has 2 rings (SSSR count). The molecule has 0 fully saturated rings. The lowest BCUT2D eigenvalue weighted by Crippen LogP contribution is -1.97. The molecule has 0 N–H and O–H groups in total. The standard InChI is InChI=1S/C14H16O2/c1-9(2)4-5-11-7-13-12(6-10(11)3)8-16-14(13)15/h4,6-7H,5,8H2,1-3H3. The number of aryl methyl sites for hydroxylation is 1. The fourth-order valence-electron chi connectivity index (χ4n) is 1.88. The first-order chi connectivity index (χ1) is 7.58. The number of ether oxygens (including phenoxy) is 1. The average Bonchev–Trinajstić information content (AvgIpc) is 2.56. The average molecular weight is 216 g/mol. The van der Waals surface area contributed by atoms with Crippen LogP contribution in [0.1, 0.15) is 40.9 Å². The third kappa shape index (κ3) is 2.01. The summed E-state index contributed by atoms with van der Waals surface area (Å²) in [6, 6.07) is 4.04. The lowest BCUT2D eigenvalue weighted by atomic mass is 9.98. The zero-order valence-electron chi connectivity index (χ0n) is 9.96. The van der Waals surface area contributed by atoms with Crippen molar-refractivity contribution in [1.29, 1.82) is 0 Å². The molecule has 1 aromatic rings. The third-order valence-electron chi connectivity index (χ3n) is 2.87. The first-order valence-electron chi connectivity index (χ1n) is 5.51. The molecule has 1 aliphatic rings. The van der Waals surface area contributed by atoms with Crippen LogP contribution in [0.25, 0.3) is 0 Å². The Morgan fingerprint density at radius 2 is 2.19 bits per heavy atom. The first kappa shape index (κ1) is 10.9.